The number of fused-ring (bicyclic) bond motifs is 1. The number of nitriles is 1. The van der Waals surface area contributed by atoms with Gasteiger partial charge in [0.15, 0.2) is 0 Å². The molecule has 6 nitrogen and oxygen atoms in total. The summed E-state index contributed by atoms with van der Waals surface area (Å²) in [6, 6.07) is 16.2. The van der Waals surface area contributed by atoms with E-state index in [0.717, 1.165) is 37.8 Å². The molecular formula is C31H43N2O4+. The highest BCUT2D eigenvalue weighted by Crippen LogP contribution is 2.29. The van der Waals surface area contributed by atoms with Gasteiger partial charge in [-0.15, -0.1) is 0 Å². The van der Waals surface area contributed by atoms with Crippen LogP contribution in [0.2, 0.25) is 0 Å². The molecule has 0 radical (unpaired) electrons. The van der Waals surface area contributed by atoms with Crippen molar-refractivity contribution in [1.82, 2.24) is 0 Å². The second kappa shape index (κ2) is 13.6. The summed E-state index contributed by atoms with van der Waals surface area (Å²) < 4.78 is 11.9. The molecule has 37 heavy (non-hydrogen) atoms. The number of benzene rings is 2. The van der Waals surface area contributed by atoms with Crippen LogP contribution in [-0.2, 0) is 28.8 Å². The third-order valence-corrected chi connectivity index (χ3v) is 7.16. The maximum Gasteiger partial charge on any atom is 0.306 e. The van der Waals surface area contributed by atoms with Gasteiger partial charge >= 0.3 is 5.97 Å². The van der Waals surface area contributed by atoms with Crippen LogP contribution < -0.4 is 4.74 Å². The molecule has 0 unspecified atom stereocenters. The minimum Gasteiger partial charge on any atom is -0.489 e. The first-order valence-electron chi connectivity index (χ1n) is 13.5. The average molecular weight is 508 g/mol. The Morgan fingerprint density at radius 3 is 2.51 bits per heavy atom. The second-order valence-corrected chi connectivity index (χ2v) is 11.5. The molecule has 0 aromatic heterocycles. The number of likely N-dealkylation sites (N-methyl/N-ethyl adjacent to an activating group) is 1. The van der Waals surface area contributed by atoms with Crippen LogP contribution in [0.1, 0.15) is 55.4 Å². The molecule has 0 spiro atoms. The van der Waals surface area contributed by atoms with Gasteiger partial charge < -0.3 is 19.1 Å². The van der Waals surface area contributed by atoms with Crippen LogP contribution >= 0.6 is 0 Å². The lowest BCUT2D eigenvalue weighted by atomic mass is 10.0. The number of aliphatic hydroxyl groups is 1. The van der Waals surface area contributed by atoms with E-state index in [1.807, 2.05) is 6.07 Å². The zero-order chi connectivity index (χ0) is 26.8. The standard InChI is InChI=1S/C31H43N2O4/c1-23(2)14-16-36-31(35)12-10-24-9-11-28(20-32)30(19-24)37-22-29(34)21-33(3,4)15-13-25-17-26-7-5-6-8-27(26)18-25/h5-9,11,19,23,25,29,34H,10,12-18,21-22H2,1-4H3/q+1/t29-/m1/s1. The fraction of sp³-hybridized carbons (Fsp3) is 0.548. The predicted octanol–water partition coefficient (Wildman–Crippen LogP) is 4.70. The molecule has 6 heteroatoms. The third-order valence-electron chi connectivity index (χ3n) is 7.16. The number of nitrogens with zero attached hydrogens (tertiary/aromatic N) is 2. The van der Waals surface area contributed by atoms with Gasteiger partial charge in [0.2, 0.25) is 0 Å². The second-order valence-electron chi connectivity index (χ2n) is 11.5. The van der Waals surface area contributed by atoms with Crippen molar-refractivity contribution >= 4 is 5.97 Å². The van der Waals surface area contributed by atoms with Gasteiger partial charge in [0.05, 0.1) is 32.8 Å². The molecule has 200 valence electrons. The minimum absolute atomic E-state index is 0.117. The average Bonchev–Trinajstić information content (AvgIpc) is 3.28. The molecule has 1 N–H and O–H groups in total. The molecule has 3 rings (SSSR count). The Kier molecular flexibility index (Phi) is 10.5. The lowest BCUT2D eigenvalue weighted by Crippen LogP contribution is -2.48. The summed E-state index contributed by atoms with van der Waals surface area (Å²) in [5.74, 6) is 1.39. The van der Waals surface area contributed by atoms with E-state index in [9.17, 15) is 15.2 Å². The predicted molar refractivity (Wildman–Crippen MR) is 145 cm³/mol. The van der Waals surface area contributed by atoms with E-state index in [-0.39, 0.29) is 19.0 Å². The van der Waals surface area contributed by atoms with Crippen LogP contribution in [0.4, 0.5) is 0 Å². The molecule has 1 aliphatic carbocycles. The van der Waals surface area contributed by atoms with Crippen molar-refractivity contribution in [2.24, 2.45) is 11.8 Å². The maximum atomic E-state index is 12.0. The fourth-order valence-electron chi connectivity index (χ4n) is 4.95. The molecule has 2 aromatic carbocycles. The largest absolute Gasteiger partial charge is 0.489 e. The van der Waals surface area contributed by atoms with Gasteiger partial charge in [0.1, 0.15) is 31.1 Å². The fourth-order valence-corrected chi connectivity index (χ4v) is 4.95. The number of ether oxygens (including phenoxy) is 2. The number of carbonyl (C=O) groups is 1. The lowest BCUT2D eigenvalue weighted by Gasteiger charge is -2.32. The van der Waals surface area contributed by atoms with E-state index in [1.54, 1.807) is 12.1 Å². The summed E-state index contributed by atoms with van der Waals surface area (Å²) in [5, 5.41) is 20.2. The molecule has 0 bridgehead atoms. The summed E-state index contributed by atoms with van der Waals surface area (Å²) in [5.41, 5.74) is 4.28. The molecule has 0 heterocycles. The van der Waals surface area contributed by atoms with Gasteiger partial charge in [-0.1, -0.05) is 44.2 Å². The van der Waals surface area contributed by atoms with E-state index in [4.69, 9.17) is 9.47 Å². The summed E-state index contributed by atoms with van der Waals surface area (Å²) in [4.78, 5) is 12.0. The Morgan fingerprint density at radius 1 is 1.16 bits per heavy atom. The topological polar surface area (TPSA) is 79.6 Å². The van der Waals surface area contributed by atoms with Gasteiger partial charge in [-0.3, -0.25) is 4.79 Å². The van der Waals surface area contributed by atoms with Crippen molar-refractivity contribution < 1.29 is 23.9 Å². The van der Waals surface area contributed by atoms with Crippen molar-refractivity contribution in [3.8, 4) is 11.8 Å². The van der Waals surface area contributed by atoms with Crippen molar-refractivity contribution in [1.29, 1.82) is 5.26 Å². The quantitative estimate of drug-likeness (QED) is 0.296. The van der Waals surface area contributed by atoms with Gasteiger partial charge in [-0.2, -0.15) is 5.26 Å². The number of carbonyl (C=O) groups excluding carboxylic acids is 1. The minimum atomic E-state index is -0.651. The highest BCUT2D eigenvalue weighted by Gasteiger charge is 2.26. The molecule has 0 amide bonds. The summed E-state index contributed by atoms with van der Waals surface area (Å²) in [6.07, 6.45) is 4.41. The first-order valence-corrected chi connectivity index (χ1v) is 13.5. The van der Waals surface area contributed by atoms with Gasteiger partial charge in [0, 0.05) is 12.8 Å². The van der Waals surface area contributed by atoms with Crippen LogP contribution in [0.15, 0.2) is 42.5 Å². The van der Waals surface area contributed by atoms with Gasteiger partial charge in [-0.25, -0.2) is 0 Å². The lowest BCUT2D eigenvalue weighted by molar-refractivity contribution is -0.894. The zero-order valence-corrected chi connectivity index (χ0v) is 22.9. The number of esters is 1. The number of hydrogen-bond acceptors (Lipinski definition) is 5. The van der Waals surface area contributed by atoms with Crippen LogP contribution in [-0.4, -0.2) is 62.1 Å². The first kappa shape index (κ1) is 28.7. The normalized spacial score (nSPS) is 14.3. The number of aryl methyl sites for hydroxylation is 1. The number of rotatable bonds is 14. The van der Waals surface area contributed by atoms with E-state index in [2.05, 4.69) is 58.3 Å². The van der Waals surface area contributed by atoms with Crippen LogP contribution in [0.3, 0.4) is 0 Å². The van der Waals surface area contributed by atoms with Crippen LogP contribution in [0.25, 0.3) is 0 Å². The highest BCUT2D eigenvalue weighted by atomic mass is 16.5. The maximum absolute atomic E-state index is 12.0. The summed E-state index contributed by atoms with van der Waals surface area (Å²) >= 11 is 0. The van der Waals surface area contributed by atoms with E-state index >= 15 is 0 Å². The number of aliphatic hydroxyl groups excluding tert-OH is 1. The summed E-state index contributed by atoms with van der Waals surface area (Å²) in [6.45, 7) is 6.31. The molecule has 0 saturated carbocycles. The van der Waals surface area contributed by atoms with Crippen LogP contribution in [0.5, 0.6) is 5.75 Å². The van der Waals surface area contributed by atoms with Gasteiger partial charge in [-0.05, 0) is 66.3 Å². The Labute approximate surface area is 222 Å². The Bertz CT molecular complexity index is 1050. The zero-order valence-electron chi connectivity index (χ0n) is 22.9. The molecule has 1 atom stereocenters. The monoisotopic (exact) mass is 507 g/mol. The Balaban J connectivity index is 1.44. The van der Waals surface area contributed by atoms with Gasteiger partial charge in [0.25, 0.3) is 0 Å². The van der Waals surface area contributed by atoms with Crippen molar-refractivity contribution in [2.45, 2.75) is 58.5 Å². The van der Waals surface area contributed by atoms with Crippen molar-refractivity contribution in [3.63, 3.8) is 0 Å². The van der Waals surface area contributed by atoms with E-state index < -0.39 is 6.10 Å². The summed E-state index contributed by atoms with van der Waals surface area (Å²) in [7, 11) is 4.29. The van der Waals surface area contributed by atoms with Crippen LogP contribution in [0, 0.1) is 23.2 Å². The van der Waals surface area contributed by atoms with Crippen molar-refractivity contribution in [2.75, 3.05) is 40.4 Å². The van der Waals surface area contributed by atoms with E-state index in [0.29, 0.717) is 47.2 Å². The SMILES string of the molecule is CC(C)CCOC(=O)CCc1ccc(C#N)c(OC[C@H](O)C[N+](C)(C)CCC2Cc3ccccc3C2)c1. The highest BCUT2D eigenvalue weighted by molar-refractivity contribution is 5.69. The number of hydrogen-bond donors (Lipinski definition) is 1. The van der Waals surface area contributed by atoms with E-state index in [1.165, 1.54) is 11.1 Å². The number of quaternary nitrogens is 1. The Hall–Kier alpha value is -2.88. The molecule has 1 aliphatic rings. The third kappa shape index (κ3) is 9.50. The molecule has 0 fully saturated rings. The first-order chi connectivity index (χ1) is 17.6. The Morgan fingerprint density at radius 2 is 1.86 bits per heavy atom. The molecular weight excluding hydrogens is 464 g/mol. The molecule has 0 aliphatic heterocycles. The van der Waals surface area contributed by atoms with Crippen molar-refractivity contribution in [3.05, 3.63) is 64.7 Å². The molecule has 0 saturated heterocycles. The molecule has 2 aromatic rings. The smallest absolute Gasteiger partial charge is 0.306 e.